The Morgan fingerprint density at radius 3 is 2.93 bits per heavy atom. The van der Waals surface area contributed by atoms with E-state index in [0.29, 0.717) is 10.5 Å². The molecule has 15 heavy (non-hydrogen) atoms. The van der Waals surface area contributed by atoms with Crippen LogP contribution in [0.15, 0.2) is 17.5 Å². The van der Waals surface area contributed by atoms with E-state index in [1.54, 1.807) is 11.3 Å². The Labute approximate surface area is 104 Å². The molecule has 0 amide bonds. The summed E-state index contributed by atoms with van der Waals surface area (Å²) >= 11 is 5.67. The van der Waals surface area contributed by atoms with E-state index in [2.05, 4.69) is 24.4 Å². The molecule has 84 valence electrons. The predicted octanol–water partition coefficient (Wildman–Crippen LogP) is 2.89. The monoisotopic (exact) mass is 260 g/mol. The highest BCUT2D eigenvalue weighted by Crippen LogP contribution is 2.34. The second-order valence-electron chi connectivity index (χ2n) is 3.76. The number of thioether (sulfide) groups is 2. The van der Waals surface area contributed by atoms with Crippen LogP contribution in [0.1, 0.15) is 11.8 Å². The largest absolute Gasteiger partial charge is 0.392 e. The molecule has 1 aliphatic heterocycles. The lowest BCUT2D eigenvalue weighted by Crippen LogP contribution is -2.35. The number of hydrogen-bond acceptors (Lipinski definition) is 4. The van der Waals surface area contributed by atoms with E-state index < -0.39 is 0 Å². The Hall–Kier alpha value is 0.360. The molecule has 1 aliphatic rings. The second-order valence-corrected chi connectivity index (χ2v) is 7.57. The lowest BCUT2D eigenvalue weighted by Gasteiger charge is -2.31. The standard InChI is InChI=1S/C11H16OS3/c1-8-11(15-6-5-13-8)10(12)7-9-3-2-4-14-9/h2-4,8,10-12H,5-7H2,1H3. The Bertz CT molecular complexity index is 286. The number of hydrogen-bond donors (Lipinski definition) is 1. The molecule has 1 aromatic rings. The van der Waals surface area contributed by atoms with Gasteiger partial charge in [-0.3, -0.25) is 0 Å². The normalized spacial score (nSPS) is 28.9. The summed E-state index contributed by atoms with van der Waals surface area (Å²) < 4.78 is 0. The molecule has 0 radical (unpaired) electrons. The Morgan fingerprint density at radius 1 is 1.47 bits per heavy atom. The molecule has 1 N–H and O–H groups in total. The van der Waals surface area contributed by atoms with Crippen molar-refractivity contribution in [1.29, 1.82) is 0 Å². The van der Waals surface area contributed by atoms with Gasteiger partial charge in [-0.1, -0.05) is 13.0 Å². The van der Waals surface area contributed by atoms with Gasteiger partial charge in [-0.05, 0) is 11.4 Å². The summed E-state index contributed by atoms with van der Waals surface area (Å²) in [4.78, 5) is 1.30. The third kappa shape index (κ3) is 3.16. The number of thiophene rings is 1. The zero-order chi connectivity index (χ0) is 10.7. The van der Waals surface area contributed by atoms with E-state index >= 15 is 0 Å². The maximum absolute atomic E-state index is 10.2. The summed E-state index contributed by atoms with van der Waals surface area (Å²) in [6.45, 7) is 2.24. The van der Waals surface area contributed by atoms with Crippen molar-refractivity contribution >= 4 is 34.9 Å². The van der Waals surface area contributed by atoms with Crippen LogP contribution in [0.5, 0.6) is 0 Å². The van der Waals surface area contributed by atoms with Gasteiger partial charge in [-0.15, -0.1) is 11.3 Å². The van der Waals surface area contributed by atoms with Gasteiger partial charge in [0.05, 0.1) is 6.10 Å². The van der Waals surface area contributed by atoms with Gasteiger partial charge in [0.1, 0.15) is 0 Å². The van der Waals surface area contributed by atoms with Crippen LogP contribution < -0.4 is 0 Å². The molecule has 2 rings (SSSR count). The molecular weight excluding hydrogens is 244 g/mol. The summed E-state index contributed by atoms with van der Waals surface area (Å²) in [7, 11) is 0. The zero-order valence-corrected chi connectivity index (χ0v) is 11.2. The van der Waals surface area contributed by atoms with Gasteiger partial charge in [-0.25, -0.2) is 0 Å². The van der Waals surface area contributed by atoms with Gasteiger partial charge < -0.3 is 5.11 Å². The van der Waals surface area contributed by atoms with Crippen LogP contribution in [0.25, 0.3) is 0 Å². The van der Waals surface area contributed by atoms with Gasteiger partial charge in [-0.2, -0.15) is 23.5 Å². The van der Waals surface area contributed by atoms with Gasteiger partial charge in [0.15, 0.2) is 0 Å². The molecule has 1 fully saturated rings. The molecule has 1 aromatic heterocycles. The summed E-state index contributed by atoms with van der Waals surface area (Å²) in [5.41, 5.74) is 0. The Balaban J connectivity index is 1.91. The Kier molecular flexibility index (Phi) is 4.43. The van der Waals surface area contributed by atoms with E-state index in [4.69, 9.17) is 0 Å². The quantitative estimate of drug-likeness (QED) is 0.902. The SMILES string of the molecule is CC1SCCSC1C(O)Cc1cccs1. The first-order valence-electron chi connectivity index (χ1n) is 5.21. The molecule has 2 heterocycles. The van der Waals surface area contributed by atoms with E-state index in [1.807, 2.05) is 23.5 Å². The lowest BCUT2D eigenvalue weighted by atomic mass is 10.1. The maximum atomic E-state index is 10.2. The molecule has 0 spiro atoms. The fourth-order valence-corrected chi connectivity index (χ4v) is 5.43. The first kappa shape index (κ1) is 11.8. The maximum Gasteiger partial charge on any atom is 0.0717 e. The van der Waals surface area contributed by atoms with Crippen molar-refractivity contribution in [1.82, 2.24) is 0 Å². The summed E-state index contributed by atoms with van der Waals surface area (Å²) in [6.07, 6.45) is 0.636. The predicted molar refractivity (Wildman–Crippen MR) is 72.2 cm³/mol. The zero-order valence-electron chi connectivity index (χ0n) is 8.76. The van der Waals surface area contributed by atoms with Crippen LogP contribution >= 0.6 is 34.9 Å². The van der Waals surface area contributed by atoms with Crippen LogP contribution in [0.2, 0.25) is 0 Å². The first-order valence-corrected chi connectivity index (χ1v) is 8.19. The molecule has 3 unspecified atom stereocenters. The average Bonchev–Trinajstić information content (AvgIpc) is 2.71. The first-order chi connectivity index (χ1) is 7.27. The third-order valence-corrected chi connectivity index (χ3v) is 6.74. The lowest BCUT2D eigenvalue weighted by molar-refractivity contribution is 0.172. The van der Waals surface area contributed by atoms with Gasteiger partial charge >= 0.3 is 0 Å². The van der Waals surface area contributed by atoms with Crippen LogP contribution in [0.3, 0.4) is 0 Å². The number of rotatable bonds is 3. The second kappa shape index (κ2) is 5.62. The molecule has 4 heteroatoms. The van der Waals surface area contributed by atoms with E-state index in [9.17, 15) is 5.11 Å². The van der Waals surface area contributed by atoms with Crippen LogP contribution in [-0.2, 0) is 6.42 Å². The van der Waals surface area contributed by atoms with Crippen molar-refractivity contribution in [3.63, 3.8) is 0 Å². The van der Waals surface area contributed by atoms with Gasteiger partial charge in [0.25, 0.3) is 0 Å². The van der Waals surface area contributed by atoms with Crippen molar-refractivity contribution in [3.05, 3.63) is 22.4 Å². The van der Waals surface area contributed by atoms with Crippen molar-refractivity contribution in [2.75, 3.05) is 11.5 Å². The summed E-state index contributed by atoms with van der Waals surface area (Å²) in [5.74, 6) is 2.41. The number of aliphatic hydroxyl groups excluding tert-OH is 1. The highest BCUT2D eigenvalue weighted by atomic mass is 32.2. The van der Waals surface area contributed by atoms with Crippen LogP contribution in [0, 0.1) is 0 Å². The summed E-state index contributed by atoms with van der Waals surface area (Å²) in [5, 5.41) is 13.3. The van der Waals surface area contributed by atoms with Gasteiger partial charge in [0.2, 0.25) is 0 Å². The molecule has 3 atom stereocenters. The van der Waals surface area contributed by atoms with Crippen LogP contribution in [-0.4, -0.2) is 33.2 Å². The minimum absolute atomic E-state index is 0.184. The topological polar surface area (TPSA) is 20.2 Å². The van der Waals surface area contributed by atoms with E-state index in [1.165, 1.54) is 16.4 Å². The minimum Gasteiger partial charge on any atom is -0.392 e. The fraction of sp³-hybridized carbons (Fsp3) is 0.636. The minimum atomic E-state index is -0.184. The molecule has 0 saturated carbocycles. The highest BCUT2D eigenvalue weighted by Gasteiger charge is 2.29. The van der Waals surface area contributed by atoms with Crippen molar-refractivity contribution in [2.45, 2.75) is 29.9 Å². The fourth-order valence-electron chi connectivity index (χ4n) is 1.82. The number of aliphatic hydroxyl groups is 1. The van der Waals surface area contributed by atoms with Crippen molar-refractivity contribution in [2.24, 2.45) is 0 Å². The summed E-state index contributed by atoms with van der Waals surface area (Å²) in [6, 6.07) is 4.16. The average molecular weight is 260 g/mol. The van der Waals surface area contributed by atoms with Crippen molar-refractivity contribution in [3.8, 4) is 0 Å². The molecular formula is C11H16OS3. The van der Waals surface area contributed by atoms with Gasteiger partial charge in [0, 0.05) is 33.3 Å². The van der Waals surface area contributed by atoms with E-state index in [0.717, 1.165) is 6.42 Å². The van der Waals surface area contributed by atoms with Crippen LogP contribution in [0.4, 0.5) is 0 Å². The molecule has 0 aromatic carbocycles. The van der Waals surface area contributed by atoms with E-state index in [-0.39, 0.29) is 6.10 Å². The third-order valence-electron chi connectivity index (χ3n) is 2.61. The molecule has 0 aliphatic carbocycles. The highest BCUT2D eigenvalue weighted by molar-refractivity contribution is 8.07. The van der Waals surface area contributed by atoms with Crippen molar-refractivity contribution < 1.29 is 5.11 Å². The smallest absolute Gasteiger partial charge is 0.0717 e. The molecule has 1 nitrogen and oxygen atoms in total. The Morgan fingerprint density at radius 2 is 2.27 bits per heavy atom. The molecule has 0 bridgehead atoms. The molecule has 1 saturated heterocycles.